The van der Waals surface area contributed by atoms with Gasteiger partial charge in [0.15, 0.2) is 0 Å². The summed E-state index contributed by atoms with van der Waals surface area (Å²) >= 11 is 0. The molecule has 0 radical (unpaired) electrons. The van der Waals surface area contributed by atoms with Crippen LogP contribution in [0.1, 0.15) is 42.4 Å². The van der Waals surface area contributed by atoms with Crippen LogP contribution in [0.3, 0.4) is 0 Å². The number of aromatic nitrogens is 3. The maximum absolute atomic E-state index is 13.3. The number of rotatable bonds is 13. The van der Waals surface area contributed by atoms with Gasteiger partial charge >= 0.3 is 17.9 Å². The third-order valence-corrected chi connectivity index (χ3v) is 5.66. The van der Waals surface area contributed by atoms with Gasteiger partial charge in [-0.15, -0.1) is 0 Å². The molecule has 0 bridgehead atoms. The van der Waals surface area contributed by atoms with E-state index in [0.29, 0.717) is 32.6 Å². The van der Waals surface area contributed by atoms with Gasteiger partial charge in [0, 0.05) is 44.2 Å². The summed E-state index contributed by atoms with van der Waals surface area (Å²) in [6.07, 6.45) is 5.80. The normalized spacial score (nSPS) is 11.6. The first-order chi connectivity index (χ1) is 17.0. The molecule has 1 aromatic carbocycles. The molecule has 188 valence electrons. The van der Waals surface area contributed by atoms with Crippen LogP contribution in [0.4, 0.5) is 6.01 Å². The zero-order chi connectivity index (χ0) is 25.2. The first kappa shape index (κ1) is 26.0. The molecular formula is C25H32N4O6. The fourth-order valence-corrected chi connectivity index (χ4v) is 3.71. The number of aryl methyl sites for hydroxylation is 1. The van der Waals surface area contributed by atoms with Crippen LogP contribution >= 0.6 is 0 Å². The predicted molar refractivity (Wildman–Crippen MR) is 130 cm³/mol. The molecule has 3 aromatic rings. The van der Waals surface area contributed by atoms with Crippen LogP contribution in [0.15, 0.2) is 46.7 Å². The molecule has 0 unspecified atom stereocenters. The van der Waals surface area contributed by atoms with E-state index in [4.69, 9.17) is 13.9 Å². The van der Waals surface area contributed by atoms with Gasteiger partial charge in [0.05, 0.1) is 20.0 Å². The summed E-state index contributed by atoms with van der Waals surface area (Å²) in [5.41, 5.74) is 3.20. The van der Waals surface area contributed by atoms with Crippen molar-refractivity contribution in [3.63, 3.8) is 0 Å². The minimum Gasteiger partial charge on any atom is -0.499 e. The average Bonchev–Trinajstić information content (AvgIpc) is 3.49. The van der Waals surface area contributed by atoms with Crippen molar-refractivity contribution in [3.05, 3.63) is 53.8 Å². The molecule has 0 atom stereocenters. The van der Waals surface area contributed by atoms with Gasteiger partial charge in [-0.05, 0) is 36.5 Å². The van der Waals surface area contributed by atoms with Gasteiger partial charge < -0.3 is 23.2 Å². The van der Waals surface area contributed by atoms with Crippen LogP contribution < -0.4 is 4.90 Å². The molecule has 3 rings (SSSR count). The van der Waals surface area contributed by atoms with Crippen LogP contribution in [-0.2, 0) is 32.5 Å². The van der Waals surface area contributed by atoms with Gasteiger partial charge in [-0.1, -0.05) is 35.3 Å². The first-order valence-electron chi connectivity index (χ1n) is 11.5. The zero-order valence-corrected chi connectivity index (χ0v) is 20.7. The number of allylic oxidation sites excluding steroid dienone is 1. The number of carbonyl (C=O) groups is 2. The largest absolute Gasteiger partial charge is 0.499 e. The number of ether oxygens (including phenoxy) is 3. The lowest BCUT2D eigenvalue weighted by atomic mass is 10.1. The minimum absolute atomic E-state index is 0.0333. The highest BCUT2D eigenvalue weighted by Gasteiger charge is 2.24. The fraction of sp³-hybridized carbons (Fsp3) is 0.440. The molecule has 0 aliphatic carbocycles. The van der Waals surface area contributed by atoms with Gasteiger partial charge in [0.1, 0.15) is 6.61 Å². The Hall–Kier alpha value is -3.66. The molecular weight excluding hydrogens is 452 g/mol. The third-order valence-electron chi connectivity index (χ3n) is 5.66. The molecule has 2 aromatic heterocycles. The molecule has 0 spiro atoms. The molecule has 0 saturated carbocycles. The fourth-order valence-electron chi connectivity index (χ4n) is 3.71. The number of benzene rings is 1. The third kappa shape index (κ3) is 6.69. The second kappa shape index (κ2) is 12.7. The zero-order valence-electron chi connectivity index (χ0n) is 20.7. The van der Waals surface area contributed by atoms with Crippen LogP contribution in [0.25, 0.3) is 10.9 Å². The Balaban J connectivity index is 1.76. The molecule has 0 saturated heterocycles. The second-order valence-electron chi connectivity index (χ2n) is 7.95. The highest BCUT2D eigenvalue weighted by atomic mass is 16.5. The Kier molecular flexibility index (Phi) is 9.42. The highest BCUT2D eigenvalue weighted by Crippen LogP contribution is 2.23. The summed E-state index contributed by atoms with van der Waals surface area (Å²) in [7, 11) is 4.83. The van der Waals surface area contributed by atoms with Crippen LogP contribution in [0, 0.1) is 0 Å². The van der Waals surface area contributed by atoms with E-state index < -0.39 is 5.97 Å². The first-order valence-corrected chi connectivity index (χ1v) is 11.5. The van der Waals surface area contributed by atoms with E-state index in [1.54, 1.807) is 13.4 Å². The molecule has 0 aliphatic rings. The highest BCUT2D eigenvalue weighted by molar-refractivity contribution is 5.92. The Bertz CT molecular complexity index is 1170. The van der Waals surface area contributed by atoms with Gasteiger partial charge in [-0.25, -0.2) is 4.79 Å². The van der Waals surface area contributed by atoms with Crippen molar-refractivity contribution in [2.24, 2.45) is 7.05 Å². The Morgan fingerprint density at radius 3 is 2.69 bits per heavy atom. The quantitative estimate of drug-likeness (QED) is 0.205. The number of amides is 1. The van der Waals surface area contributed by atoms with E-state index in [9.17, 15) is 9.59 Å². The summed E-state index contributed by atoms with van der Waals surface area (Å²) in [5.74, 6) is -1.25. The van der Waals surface area contributed by atoms with E-state index in [0.717, 1.165) is 28.5 Å². The van der Waals surface area contributed by atoms with E-state index in [-0.39, 0.29) is 24.2 Å². The number of fused-ring (bicyclic) bond motifs is 1. The number of nitrogens with zero attached hydrogens (tertiary/aromatic N) is 4. The van der Waals surface area contributed by atoms with E-state index in [1.807, 2.05) is 26.1 Å². The molecule has 0 N–H and O–H groups in total. The number of esters is 1. The van der Waals surface area contributed by atoms with Crippen LogP contribution in [0.2, 0.25) is 0 Å². The lowest BCUT2D eigenvalue weighted by molar-refractivity contribution is -0.118. The standard InChI is InChI=1S/C25H32N4O6/c1-5-18(17-34-15-14-32-3)10-11-22(30)29(25-27-26-23(35-25)24(31)33-4)13-12-19-16-28(2)21-9-7-6-8-20(19)21/h6-9,16-17H,5,10-15H2,1-4H3/b18-17+. The van der Waals surface area contributed by atoms with Crippen molar-refractivity contribution in [3.8, 4) is 0 Å². The van der Waals surface area contributed by atoms with E-state index >= 15 is 0 Å². The van der Waals surface area contributed by atoms with Crippen LogP contribution in [0.5, 0.6) is 0 Å². The van der Waals surface area contributed by atoms with Crippen molar-refractivity contribution in [1.29, 1.82) is 0 Å². The van der Waals surface area contributed by atoms with Crippen molar-refractivity contribution in [2.75, 3.05) is 38.9 Å². The maximum atomic E-state index is 13.3. The molecule has 1 amide bonds. The number of anilines is 1. The molecule has 10 heteroatoms. The number of hydrogen-bond donors (Lipinski definition) is 0. The average molecular weight is 485 g/mol. The smallest absolute Gasteiger partial charge is 0.396 e. The molecule has 10 nitrogen and oxygen atoms in total. The monoisotopic (exact) mass is 484 g/mol. The summed E-state index contributed by atoms with van der Waals surface area (Å²) in [6.45, 7) is 3.26. The summed E-state index contributed by atoms with van der Waals surface area (Å²) in [6, 6.07) is 8.06. The van der Waals surface area contributed by atoms with Crippen molar-refractivity contribution < 1.29 is 28.2 Å². The predicted octanol–water partition coefficient (Wildman–Crippen LogP) is 3.66. The van der Waals surface area contributed by atoms with Gasteiger partial charge in [-0.2, -0.15) is 0 Å². The van der Waals surface area contributed by atoms with E-state index in [1.165, 1.54) is 12.0 Å². The lowest BCUT2D eigenvalue weighted by Crippen LogP contribution is -2.33. The Morgan fingerprint density at radius 1 is 1.14 bits per heavy atom. The SMILES string of the molecule is CC/C(=C\OCCOC)CCC(=O)N(CCc1cn(C)c2ccccc12)c1nnc(C(=O)OC)o1. The number of hydrogen-bond acceptors (Lipinski definition) is 8. The Labute approximate surface area is 204 Å². The number of methoxy groups -OCH3 is 2. The van der Waals surface area contributed by atoms with Crippen molar-refractivity contribution >= 4 is 28.8 Å². The van der Waals surface area contributed by atoms with Gasteiger partial charge in [-0.3, -0.25) is 9.69 Å². The van der Waals surface area contributed by atoms with Gasteiger partial charge in [0.25, 0.3) is 0 Å². The van der Waals surface area contributed by atoms with E-state index in [2.05, 4.69) is 37.8 Å². The maximum Gasteiger partial charge on any atom is 0.396 e. The van der Waals surface area contributed by atoms with Crippen molar-refractivity contribution in [2.45, 2.75) is 32.6 Å². The number of carbonyl (C=O) groups excluding carboxylic acids is 2. The van der Waals surface area contributed by atoms with Crippen LogP contribution in [-0.4, -0.2) is 60.6 Å². The topological polar surface area (TPSA) is 109 Å². The molecule has 35 heavy (non-hydrogen) atoms. The molecule has 0 aliphatic heterocycles. The molecule has 0 fully saturated rings. The second-order valence-corrected chi connectivity index (χ2v) is 7.95. The summed E-state index contributed by atoms with van der Waals surface area (Å²) in [5, 5.41) is 8.79. The minimum atomic E-state index is -0.755. The van der Waals surface area contributed by atoms with Gasteiger partial charge in [0.2, 0.25) is 5.91 Å². The summed E-state index contributed by atoms with van der Waals surface area (Å²) in [4.78, 5) is 26.5. The number of para-hydroxylation sites is 1. The lowest BCUT2D eigenvalue weighted by Gasteiger charge is -2.18. The Morgan fingerprint density at radius 2 is 1.94 bits per heavy atom. The van der Waals surface area contributed by atoms with Crippen molar-refractivity contribution in [1.82, 2.24) is 14.8 Å². The summed E-state index contributed by atoms with van der Waals surface area (Å²) < 4.78 is 22.6. The molecule has 2 heterocycles.